The molecule has 1 amide bonds. The maximum atomic E-state index is 12.7. The summed E-state index contributed by atoms with van der Waals surface area (Å²) < 4.78 is 5.42. The molecular formula is C16H26N2O2. The number of amides is 1. The summed E-state index contributed by atoms with van der Waals surface area (Å²) in [5.74, 6) is 0.0428. The molecule has 1 rings (SSSR count). The fourth-order valence-electron chi connectivity index (χ4n) is 2.08. The summed E-state index contributed by atoms with van der Waals surface area (Å²) in [6.45, 7) is 7.20. The highest BCUT2D eigenvalue weighted by molar-refractivity contribution is 5.84. The highest BCUT2D eigenvalue weighted by atomic mass is 16.5. The SMILES string of the molecule is CCCN(Cc1ccc(N)cc1)C(=O)C(C)(CC)OC. The highest BCUT2D eigenvalue weighted by Crippen LogP contribution is 2.20. The molecule has 0 saturated heterocycles. The molecule has 0 aliphatic carbocycles. The molecular weight excluding hydrogens is 252 g/mol. The van der Waals surface area contributed by atoms with Crippen LogP contribution in [0.5, 0.6) is 0 Å². The van der Waals surface area contributed by atoms with Crippen LogP contribution in [-0.4, -0.2) is 30.1 Å². The second-order valence-electron chi connectivity index (χ2n) is 5.26. The van der Waals surface area contributed by atoms with Crippen LogP contribution in [0.1, 0.15) is 39.2 Å². The van der Waals surface area contributed by atoms with Crippen LogP contribution in [0.2, 0.25) is 0 Å². The lowest BCUT2D eigenvalue weighted by atomic mass is 10.0. The Morgan fingerprint density at radius 2 is 1.90 bits per heavy atom. The molecule has 0 aromatic heterocycles. The second-order valence-corrected chi connectivity index (χ2v) is 5.26. The summed E-state index contributed by atoms with van der Waals surface area (Å²) in [6, 6.07) is 7.64. The van der Waals surface area contributed by atoms with Gasteiger partial charge in [-0.3, -0.25) is 4.79 Å². The van der Waals surface area contributed by atoms with E-state index in [4.69, 9.17) is 10.5 Å². The first-order valence-corrected chi connectivity index (χ1v) is 7.15. The number of hydrogen-bond acceptors (Lipinski definition) is 3. The van der Waals surface area contributed by atoms with E-state index in [1.165, 1.54) is 0 Å². The standard InChI is InChI=1S/C16H26N2O2/c1-5-11-18(15(19)16(3,6-2)20-4)12-13-7-9-14(17)10-8-13/h7-10H,5-6,11-12,17H2,1-4H3. The van der Waals surface area contributed by atoms with Crippen molar-refractivity contribution in [1.82, 2.24) is 4.90 Å². The summed E-state index contributed by atoms with van der Waals surface area (Å²) in [5, 5.41) is 0. The molecule has 4 heteroatoms. The molecule has 0 heterocycles. The number of carbonyl (C=O) groups excluding carboxylic acids is 1. The number of carbonyl (C=O) groups is 1. The van der Waals surface area contributed by atoms with Crippen molar-refractivity contribution in [1.29, 1.82) is 0 Å². The van der Waals surface area contributed by atoms with E-state index in [-0.39, 0.29) is 5.91 Å². The Balaban J connectivity index is 2.88. The van der Waals surface area contributed by atoms with Crippen LogP contribution in [0, 0.1) is 0 Å². The smallest absolute Gasteiger partial charge is 0.254 e. The van der Waals surface area contributed by atoms with Crippen molar-refractivity contribution in [3.8, 4) is 0 Å². The maximum Gasteiger partial charge on any atom is 0.254 e. The topological polar surface area (TPSA) is 55.6 Å². The Kier molecular flexibility index (Phi) is 6.02. The summed E-state index contributed by atoms with van der Waals surface area (Å²) >= 11 is 0. The third kappa shape index (κ3) is 3.97. The number of anilines is 1. The van der Waals surface area contributed by atoms with Gasteiger partial charge in [0.15, 0.2) is 0 Å². The number of methoxy groups -OCH3 is 1. The van der Waals surface area contributed by atoms with Gasteiger partial charge in [-0.25, -0.2) is 0 Å². The van der Waals surface area contributed by atoms with E-state index < -0.39 is 5.60 Å². The van der Waals surface area contributed by atoms with Gasteiger partial charge in [-0.05, 0) is 37.5 Å². The Morgan fingerprint density at radius 3 is 2.35 bits per heavy atom. The Bertz CT molecular complexity index is 425. The Labute approximate surface area is 121 Å². The van der Waals surface area contributed by atoms with E-state index in [9.17, 15) is 4.79 Å². The zero-order valence-electron chi connectivity index (χ0n) is 13.0. The van der Waals surface area contributed by atoms with Crippen LogP contribution in [0.3, 0.4) is 0 Å². The zero-order chi connectivity index (χ0) is 15.2. The quantitative estimate of drug-likeness (QED) is 0.780. The van der Waals surface area contributed by atoms with Gasteiger partial charge in [-0.1, -0.05) is 26.0 Å². The molecule has 112 valence electrons. The number of benzene rings is 1. The third-order valence-electron chi connectivity index (χ3n) is 3.71. The van der Waals surface area contributed by atoms with Crippen molar-refractivity contribution in [3.63, 3.8) is 0 Å². The Morgan fingerprint density at radius 1 is 1.30 bits per heavy atom. The lowest BCUT2D eigenvalue weighted by Crippen LogP contribution is -2.48. The highest BCUT2D eigenvalue weighted by Gasteiger charge is 2.34. The average molecular weight is 278 g/mol. The van der Waals surface area contributed by atoms with E-state index in [1.54, 1.807) is 7.11 Å². The minimum Gasteiger partial charge on any atom is -0.399 e. The molecule has 1 aromatic carbocycles. The van der Waals surface area contributed by atoms with Crippen molar-refractivity contribution < 1.29 is 9.53 Å². The monoisotopic (exact) mass is 278 g/mol. The van der Waals surface area contributed by atoms with Crippen molar-refractivity contribution in [2.75, 3.05) is 19.4 Å². The van der Waals surface area contributed by atoms with E-state index >= 15 is 0 Å². The molecule has 1 aromatic rings. The van der Waals surface area contributed by atoms with Gasteiger partial charge in [0.05, 0.1) is 0 Å². The predicted octanol–water partition coefficient (Wildman–Crippen LogP) is 2.82. The minimum atomic E-state index is -0.747. The van der Waals surface area contributed by atoms with E-state index in [1.807, 2.05) is 43.0 Å². The molecule has 0 fully saturated rings. The van der Waals surface area contributed by atoms with E-state index in [2.05, 4.69) is 6.92 Å². The van der Waals surface area contributed by atoms with Gasteiger partial charge in [-0.15, -0.1) is 0 Å². The number of nitrogen functional groups attached to an aromatic ring is 1. The Hall–Kier alpha value is -1.55. The lowest BCUT2D eigenvalue weighted by Gasteiger charge is -2.33. The normalized spacial score (nSPS) is 13.8. The van der Waals surface area contributed by atoms with Gasteiger partial charge in [0.1, 0.15) is 5.60 Å². The first-order chi connectivity index (χ1) is 9.46. The minimum absolute atomic E-state index is 0.0428. The van der Waals surface area contributed by atoms with E-state index in [0.29, 0.717) is 13.0 Å². The maximum absolute atomic E-state index is 12.7. The zero-order valence-corrected chi connectivity index (χ0v) is 13.0. The van der Waals surface area contributed by atoms with Gasteiger partial charge >= 0.3 is 0 Å². The first-order valence-electron chi connectivity index (χ1n) is 7.15. The van der Waals surface area contributed by atoms with Gasteiger partial charge in [-0.2, -0.15) is 0 Å². The van der Waals surface area contributed by atoms with Crippen LogP contribution < -0.4 is 5.73 Å². The second kappa shape index (κ2) is 7.29. The molecule has 20 heavy (non-hydrogen) atoms. The average Bonchev–Trinajstić information content (AvgIpc) is 2.47. The largest absolute Gasteiger partial charge is 0.399 e. The molecule has 1 atom stereocenters. The van der Waals surface area contributed by atoms with E-state index in [0.717, 1.165) is 24.2 Å². The van der Waals surface area contributed by atoms with Gasteiger partial charge < -0.3 is 15.4 Å². The third-order valence-corrected chi connectivity index (χ3v) is 3.71. The van der Waals surface area contributed by atoms with Gasteiger partial charge in [0, 0.05) is 25.9 Å². The molecule has 1 unspecified atom stereocenters. The number of nitrogens with two attached hydrogens (primary N) is 1. The molecule has 0 bridgehead atoms. The summed E-state index contributed by atoms with van der Waals surface area (Å²) in [4.78, 5) is 14.5. The summed E-state index contributed by atoms with van der Waals surface area (Å²) in [6.07, 6.45) is 1.58. The van der Waals surface area contributed by atoms with Gasteiger partial charge in [0.25, 0.3) is 5.91 Å². The number of ether oxygens (including phenoxy) is 1. The summed E-state index contributed by atoms with van der Waals surface area (Å²) in [7, 11) is 1.59. The number of rotatable bonds is 7. The fourth-order valence-corrected chi connectivity index (χ4v) is 2.08. The van der Waals surface area contributed by atoms with Crippen molar-refractivity contribution in [2.45, 2.75) is 45.8 Å². The van der Waals surface area contributed by atoms with Crippen LogP contribution in [0.25, 0.3) is 0 Å². The van der Waals surface area contributed by atoms with Crippen molar-refractivity contribution in [2.24, 2.45) is 0 Å². The first kappa shape index (κ1) is 16.5. The predicted molar refractivity (Wildman–Crippen MR) is 82.3 cm³/mol. The van der Waals surface area contributed by atoms with Gasteiger partial charge in [0.2, 0.25) is 0 Å². The van der Waals surface area contributed by atoms with Crippen LogP contribution in [-0.2, 0) is 16.1 Å². The fraction of sp³-hybridized carbons (Fsp3) is 0.562. The number of hydrogen-bond donors (Lipinski definition) is 1. The van der Waals surface area contributed by atoms with Crippen LogP contribution in [0.4, 0.5) is 5.69 Å². The number of nitrogens with zero attached hydrogens (tertiary/aromatic N) is 1. The van der Waals surface area contributed by atoms with Crippen LogP contribution >= 0.6 is 0 Å². The molecule has 0 spiro atoms. The molecule has 0 radical (unpaired) electrons. The van der Waals surface area contributed by atoms with Crippen LogP contribution in [0.15, 0.2) is 24.3 Å². The molecule has 0 saturated carbocycles. The molecule has 0 aliphatic rings. The lowest BCUT2D eigenvalue weighted by molar-refractivity contribution is -0.154. The molecule has 4 nitrogen and oxygen atoms in total. The molecule has 0 aliphatic heterocycles. The van der Waals surface area contributed by atoms with Crippen molar-refractivity contribution in [3.05, 3.63) is 29.8 Å². The molecule has 2 N–H and O–H groups in total. The van der Waals surface area contributed by atoms with Crippen molar-refractivity contribution >= 4 is 11.6 Å². The summed E-state index contributed by atoms with van der Waals surface area (Å²) in [5.41, 5.74) is 6.75.